The lowest BCUT2D eigenvalue weighted by Crippen LogP contribution is -2.02. The molecule has 0 aromatic carbocycles. The van der Waals surface area contributed by atoms with E-state index in [0.717, 1.165) is 11.5 Å². The Labute approximate surface area is 91.2 Å². The van der Waals surface area contributed by atoms with Crippen molar-refractivity contribution in [2.45, 2.75) is 6.54 Å². The summed E-state index contributed by atoms with van der Waals surface area (Å²) in [5, 5.41) is 5.13. The van der Waals surface area contributed by atoms with Crippen molar-refractivity contribution < 1.29 is 4.74 Å². The molecular formula is C9H10N4OS. The van der Waals surface area contributed by atoms with Crippen LogP contribution in [-0.2, 0) is 6.54 Å². The lowest BCUT2D eigenvalue weighted by atomic mass is 10.4. The van der Waals surface area contributed by atoms with Crippen LogP contribution in [0, 0.1) is 0 Å². The van der Waals surface area contributed by atoms with E-state index in [0.29, 0.717) is 12.4 Å². The smallest absolute Gasteiger partial charge is 0.218 e. The SMILES string of the molecule is COc1cc(NCc2cscn2)ncn1. The zero-order chi connectivity index (χ0) is 10.5. The Balaban J connectivity index is 1.98. The molecule has 1 N–H and O–H groups in total. The summed E-state index contributed by atoms with van der Waals surface area (Å²) < 4.78 is 4.99. The molecule has 78 valence electrons. The highest BCUT2D eigenvalue weighted by molar-refractivity contribution is 7.07. The minimum absolute atomic E-state index is 0.547. The average Bonchev–Trinajstić information content (AvgIpc) is 2.79. The minimum Gasteiger partial charge on any atom is -0.481 e. The van der Waals surface area contributed by atoms with Gasteiger partial charge in [0.1, 0.15) is 12.1 Å². The van der Waals surface area contributed by atoms with Gasteiger partial charge in [-0.15, -0.1) is 11.3 Å². The van der Waals surface area contributed by atoms with Crippen LogP contribution >= 0.6 is 11.3 Å². The zero-order valence-electron chi connectivity index (χ0n) is 8.17. The molecule has 0 amide bonds. The summed E-state index contributed by atoms with van der Waals surface area (Å²) in [5.74, 6) is 1.28. The van der Waals surface area contributed by atoms with Crippen LogP contribution in [0.1, 0.15) is 5.69 Å². The summed E-state index contributed by atoms with van der Waals surface area (Å²) in [4.78, 5) is 12.1. The summed E-state index contributed by atoms with van der Waals surface area (Å²) in [6, 6.07) is 1.74. The molecule has 0 saturated heterocycles. The Morgan fingerprint density at radius 2 is 2.33 bits per heavy atom. The third-order valence-electron chi connectivity index (χ3n) is 1.79. The van der Waals surface area contributed by atoms with Gasteiger partial charge in [0.15, 0.2) is 0 Å². The maximum atomic E-state index is 4.99. The molecule has 0 saturated carbocycles. The summed E-state index contributed by atoms with van der Waals surface area (Å²) in [7, 11) is 1.58. The summed E-state index contributed by atoms with van der Waals surface area (Å²) in [6.07, 6.45) is 1.46. The Morgan fingerprint density at radius 1 is 1.40 bits per heavy atom. The Hall–Kier alpha value is -1.69. The number of anilines is 1. The van der Waals surface area contributed by atoms with Gasteiger partial charge in [-0.2, -0.15) is 0 Å². The Kier molecular flexibility index (Phi) is 3.08. The lowest BCUT2D eigenvalue weighted by molar-refractivity contribution is 0.397. The first-order valence-electron chi connectivity index (χ1n) is 4.35. The fourth-order valence-corrected chi connectivity index (χ4v) is 1.61. The van der Waals surface area contributed by atoms with Gasteiger partial charge in [-0.25, -0.2) is 15.0 Å². The van der Waals surface area contributed by atoms with Crippen LogP contribution in [0.4, 0.5) is 5.82 Å². The monoisotopic (exact) mass is 222 g/mol. The van der Waals surface area contributed by atoms with E-state index in [-0.39, 0.29) is 0 Å². The number of ether oxygens (including phenoxy) is 1. The number of aromatic nitrogens is 3. The molecule has 0 spiro atoms. The Bertz CT molecular complexity index is 418. The topological polar surface area (TPSA) is 59.9 Å². The minimum atomic E-state index is 0.547. The van der Waals surface area contributed by atoms with E-state index < -0.39 is 0 Å². The molecule has 0 fully saturated rings. The molecule has 2 rings (SSSR count). The first-order valence-corrected chi connectivity index (χ1v) is 5.30. The molecule has 0 aliphatic rings. The first-order chi connectivity index (χ1) is 7.38. The third-order valence-corrected chi connectivity index (χ3v) is 2.42. The van der Waals surface area contributed by atoms with Gasteiger partial charge in [0.2, 0.25) is 5.88 Å². The zero-order valence-corrected chi connectivity index (χ0v) is 8.99. The second-order valence-corrected chi connectivity index (χ2v) is 3.50. The molecule has 0 atom stereocenters. The van der Waals surface area contributed by atoms with Gasteiger partial charge < -0.3 is 10.1 Å². The van der Waals surface area contributed by atoms with Gasteiger partial charge in [-0.05, 0) is 0 Å². The highest BCUT2D eigenvalue weighted by atomic mass is 32.1. The molecule has 6 heteroatoms. The van der Waals surface area contributed by atoms with E-state index in [1.54, 1.807) is 30.0 Å². The van der Waals surface area contributed by atoms with Crippen molar-refractivity contribution >= 4 is 17.2 Å². The number of thiazole rings is 1. The van der Waals surface area contributed by atoms with E-state index in [1.165, 1.54) is 6.33 Å². The van der Waals surface area contributed by atoms with Gasteiger partial charge in [-0.3, -0.25) is 0 Å². The summed E-state index contributed by atoms with van der Waals surface area (Å²) in [6.45, 7) is 0.656. The largest absolute Gasteiger partial charge is 0.481 e. The number of hydrogen-bond donors (Lipinski definition) is 1. The van der Waals surface area contributed by atoms with Crippen molar-refractivity contribution in [1.29, 1.82) is 0 Å². The van der Waals surface area contributed by atoms with Crippen LogP contribution < -0.4 is 10.1 Å². The molecule has 0 aliphatic carbocycles. The number of rotatable bonds is 4. The van der Waals surface area contributed by atoms with Crippen molar-refractivity contribution in [2.24, 2.45) is 0 Å². The van der Waals surface area contributed by atoms with E-state index in [9.17, 15) is 0 Å². The molecule has 2 aromatic rings. The summed E-state index contributed by atoms with van der Waals surface area (Å²) >= 11 is 1.57. The molecule has 0 aliphatic heterocycles. The molecule has 5 nitrogen and oxygen atoms in total. The van der Waals surface area contributed by atoms with E-state index in [1.807, 2.05) is 5.38 Å². The van der Waals surface area contributed by atoms with Crippen LogP contribution in [0.25, 0.3) is 0 Å². The maximum absolute atomic E-state index is 4.99. The summed E-state index contributed by atoms with van der Waals surface area (Å²) in [5.41, 5.74) is 2.80. The standard InChI is InChI=1S/C9H10N4OS/c1-14-9-2-8(11-5-12-9)10-3-7-4-15-6-13-7/h2,4-6H,3H2,1H3,(H,10,11,12). The van der Waals surface area contributed by atoms with Gasteiger partial charge in [-0.1, -0.05) is 0 Å². The van der Waals surface area contributed by atoms with Crippen molar-refractivity contribution in [2.75, 3.05) is 12.4 Å². The quantitative estimate of drug-likeness (QED) is 0.850. The normalized spacial score (nSPS) is 9.93. The third kappa shape index (κ3) is 2.63. The van der Waals surface area contributed by atoms with Gasteiger partial charge in [0.05, 0.1) is 24.9 Å². The van der Waals surface area contributed by atoms with Crippen LogP contribution in [0.2, 0.25) is 0 Å². The van der Waals surface area contributed by atoms with Gasteiger partial charge >= 0.3 is 0 Å². The van der Waals surface area contributed by atoms with Crippen LogP contribution in [-0.4, -0.2) is 22.1 Å². The highest BCUT2D eigenvalue weighted by Gasteiger charge is 1.99. The second-order valence-electron chi connectivity index (χ2n) is 2.78. The van der Waals surface area contributed by atoms with Crippen molar-refractivity contribution in [3.63, 3.8) is 0 Å². The number of nitrogens with one attached hydrogen (secondary N) is 1. The molecular weight excluding hydrogens is 212 g/mol. The van der Waals surface area contributed by atoms with Crippen molar-refractivity contribution in [3.8, 4) is 5.88 Å². The van der Waals surface area contributed by atoms with Crippen molar-refractivity contribution in [1.82, 2.24) is 15.0 Å². The molecule has 0 unspecified atom stereocenters. The van der Waals surface area contributed by atoms with E-state index >= 15 is 0 Å². The molecule has 15 heavy (non-hydrogen) atoms. The fraction of sp³-hybridized carbons (Fsp3) is 0.222. The second kappa shape index (κ2) is 4.70. The van der Waals surface area contributed by atoms with Crippen LogP contribution in [0.5, 0.6) is 5.88 Å². The molecule has 0 radical (unpaired) electrons. The lowest BCUT2D eigenvalue weighted by Gasteiger charge is -2.04. The maximum Gasteiger partial charge on any atom is 0.218 e. The predicted molar refractivity (Wildman–Crippen MR) is 58.0 cm³/mol. The Morgan fingerprint density at radius 3 is 3.07 bits per heavy atom. The average molecular weight is 222 g/mol. The molecule has 2 aromatic heterocycles. The van der Waals surface area contributed by atoms with E-state index in [2.05, 4.69) is 20.3 Å². The first kappa shape index (κ1) is 9.85. The molecule has 2 heterocycles. The van der Waals surface area contributed by atoms with Gasteiger partial charge in [0.25, 0.3) is 0 Å². The van der Waals surface area contributed by atoms with Crippen LogP contribution in [0.15, 0.2) is 23.3 Å². The van der Waals surface area contributed by atoms with Crippen molar-refractivity contribution in [3.05, 3.63) is 29.0 Å². The number of nitrogens with zero attached hydrogens (tertiary/aromatic N) is 3. The van der Waals surface area contributed by atoms with Crippen LogP contribution in [0.3, 0.4) is 0 Å². The predicted octanol–water partition coefficient (Wildman–Crippen LogP) is 1.55. The highest BCUT2D eigenvalue weighted by Crippen LogP contribution is 2.11. The molecule has 0 bridgehead atoms. The van der Waals surface area contributed by atoms with Gasteiger partial charge in [0, 0.05) is 11.4 Å². The number of hydrogen-bond acceptors (Lipinski definition) is 6. The number of methoxy groups -OCH3 is 1. The van der Waals surface area contributed by atoms with E-state index in [4.69, 9.17) is 4.74 Å². The fourth-order valence-electron chi connectivity index (χ4n) is 1.05.